The molecule has 0 atom stereocenters. The first-order chi connectivity index (χ1) is 16.9. The van der Waals surface area contributed by atoms with Gasteiger partial charge >= 0.3 is 0 Å². The first kappa shape index (κ1) is 24.8. The Morgan fingerprint density at radius 3 is 2.83 bits per heavy atom. The van der Waals surface area contributed by atoms with Crippen LogP contribution in [0, 0.1) is 6.92 Å². The van der Waals surface area contributed by atoms with Crippen molar-refractivity contribution in [2.24, 2.45) is 0 Å². The van der Waals surface area contributed by atoms with Crippen molar-refractivity contribution in [3.63, 3.8) is 0 Å². The summed E-state index contributed by atoms with van der Waals surface area (Å²) in [6.45, 7) is 6.03. The number of likely N-dealkylation sites (tertiary alicyclic amines) is 1. The van der Waals surface area contributed by atoms with Crippen LogP contribution >= 0.6 is 11.6 Å². The molecule has 9 heteroatoms. The van der Waals surface area contributed by atoms with Crippen molar-refractivity contribution >= 4 is 34.7 Å². The molecule has 1 amide bonds. The van der Waals surface area contributed by atoms with Gasteiger partial charge in [-0.25, -0.2) is 9.97 Å². The normalized spacial score (nSPS) is 13.6. The molecule has 0 spiro atoms. The van der Waals surface area contributed by atoms with E-state index in [4.69, 9.17) is 22.1 Å². The molecule has 3 N–H and O–H groups in total. The van der Waals surface area contributed by atoms with Crippen LogP contribution in [0.5, 0.6) is 5.75 Å². The molecule has 1 aromatic heterocycles. The van der Waals surface area contributed by atoms with Gasteiger partial charge in [0.15, 0.2) is 0 Å². The minimum atomic E-state index is -0.114. The van der Waals surface area contributed by atoms with Gasteiger partial charge in [-0.05, 0) is 80.9 Å². The van der Waals surface area contributed by atoms with Gasteiger partial charge in [-0.2, -0.15) is 0 Å². The largest absolute Gasteiger partial charge is 0.492 e. The lowest BCUT2D eigenvalue weighted by Gasteiger charge is -2.21. The predicted molar refractivity (Wildman–Crippen MR) is 139 cm³/mol. The van der Waals surface area contributed by atoms with Gasteiger partial charge in [0, 0.05) is 54.4 Å². The molecule has 1 saturated heterocycles. The first-order valence-electron chi connectivity index (χ1n) is 11.7. The molecule has 2 heterocycles. The fourth-order valence-electron chi connectivity index (χ4n) is 4.12. The second-order valence-corrected chi connectivity index (χ2v) is 9.14. The molecule has 0 aliphatic carbocycles. The number of nitrogens with zero attached hydrogens (tertiary/aromatic N) is 4. The summed E-state index contributed by atoms with van der Waals surface area (Å²) in [7, 11) is 1.77. The van der Waals surface area contributed by atoms with Crippen LogP contribution in [-0.2, 0) is 6.54 Å². The topological polar surface area (TPSA) is 96.6 Å². The lowest BCUT2D eigenvalue weighted by Crippen LogP contribution is -2.27. The molecule has 2 aromatic carbocycles. The monoisotopic (exact) mass is 494 g/mol. The number of carbonyl (C=O) groups excluding carboxylic acids is 1. The van der Waals surface area contributed by atoms with Crippen molar-refractivity contribution in [3.05, 3.63) is 70.6 Å². The van der Waals surface area contributed by atoms with Crippen molar-refractivity contribution in [2.75, 3.05) is 44.3 Å². The zero-order valence-corrected chi connectivity index (χ0v) is 20.9. The Labute approximate surface area is 211 Å². The highest BCUT2D eigenvalue weighted by atomic mass is 35.5. The number of carbonyl (C=O) groups is 1. The fourth-order valence-corrected chi connectivity index (χ4v) is 4.25. The van der Waals surface area contributed by atoms with E-state index in [0.29, 0.717) is 30.2 Å². The first-order valence-corrected chi connectivity index (χ1v) is 12.1. The third-order valence-corrected chi connectivity index (χ3v) is 6.20. The third kappa shape index (κ3) is 6.61. The maximum Gasteiger partial charge on any atom is 0.253 e. The lowest BCUT2D eigenvalue weighted by molar-refractivity contribution is 0.0784. The zero-order chi connectivity index (χ0) is 24.8. The molecule has 35 heavy (non-hydrogen) atoms. The second-order valence-electron chi connectivity index (χ2n) is 8.80. The van der Waals surface area contributed by atoms with E-state index in [2.05, 4.69) is 20.2 Å². The molecule has 0 unspecified atom stereocenters. The van der Waals surface area contributed by atoms with Gasteiger partial charge in [0.05, 0.1) is 0 Å². The molecule has 3 aromatic rings. The van der Waals surface area contributed by atoms with Crippen molar-refractivity contribution in [3.8, 4) is 5.75 Å². The van der Waals surface area contributed by atoms with Crippen LogP contribution in [0.2, 0.25) is 5.28 Å². The van der Waals surface area contributed by atoms with Crippen molar-refractivity contribution in [2.45, 2.75) is 26.3 Å². The molecule has 8 nitrogen and oxygen atoms in total. The number of anilines is 3. The second kappa shape index (κ2) is 11.4. The Bertz CT molecular complexity index is 1180. The smallest absolute Gasteiger partial charge is 0.253 e. The molecule has 0 bridgehead atoms. The van der Waals surface area contributed by atoms with E-state index in [9.17, 15) is 4.79 Å². The van der Waals surface area contributed by atoms with Gasteiger partial charge in [-0.15, -0.1) is 0 Å². The minimum absolute atomic E-state index is 0.114. The van der Waals surface area contributed by atoms with Crippen LogP contribution < -0.4 is 15.8 Å². The molecule has 1 aliphatic heterocycles. The summed E-state index contributed by atoms with van der Waals surface area (Å²) in [6.07, 6.45) is 4.16. The van der Waals surface area contributed by atoms with Gasteiger partial charge in [0.1, 0.15) is 18.2 Å². The number of rotatable bonds is 9. The van der Waals surface area contributed by atoms with E-state index in [1.165, 1.54) is 12.8 Å². The Hall–Kier alpha value is -3.36. The summed E-state index contributed by atoms with van der Waals surface area (Å²) in [5, 5.41) is 3.37. The summed E-state index contributed by atoms with van der Waals surface area (Å²) in [6, 6.07) is 12.9. The van der Waals surface area contributed by atoms with Crippen molar-refractivity contribution in [1.82, 2.24) is 19.8 Å². The number of aromatic nitrogens is 2. The van der Waals surface area contributed by atoms with Crippen LogP contribution in [0.25, 0.3) is 0 Å². The van der Waals surface area contributed by atoms with E-state index < -0.39 is 0 Å². The van der Waals surface area contributed by atoms with E-state index in [-0.39, 0.29) is 11.2 Å². The molecule has 4 rings (SSSR count). The number of benzene rings is 2. The highest BCUT2D eigenvalue weighted by molar-refractivity contribution is 6.28. The quantitative estimate of drug-likeness (QED) is 0.333. The van der Waals surface area contributed by atoms with E-state index >= 15 is 0 Å². The lowest BCUT2D eigenvalue weighted by atomic mass is 10.1. The number of hydrogen-bond acceptors (Lipinski definition) is 7. The number of amides is 1. The summed E-state index contributed by atoms with van der Waals surface area (Å²) in [5.41, 5.74) is 9.69. The number of nitrogen functional groups attached to an aromatic ring is 1. The highest BCUT2D eigenvalue weighted by Crippen LogP contribution is 2.25. The minimum Gasteiger partial charge on any atom is -0.492 e. The summed E-state index contributed by atoms with van der Waals surface area (Å²) < 4.78 is 6.08. The van der Waals surface area contributed by atoms with Gasteiger partial charge in [0.25, 0.3) is 5.91 Å². The number of hydrogen-bond donors (Lipinski definition) is 2. The van der Waals surface area contributed by atoms with Crippen LogP contribution in [0.1, 0.15) is 34.3 Å². The Kier molecular flexibility index (Phi) is 8.05. The Balaban J connectivity index is 1.43. The van der Waals surface area contributed by atoms with E-state index in [1.807, 2.05) is 37.3 Å². The van der Waals surface area contributed by atoms with E-state index in [0.717, 1.165) is 42.2 Å². The Morgan fingerprint density at radius 1 is 1.23 bits per heavy atom. The number of nitrogens with two attached hydrogens (primary N) is 1. The molecular formula is C26H31ClN6O2. The molecular weight excluding hydrogens is 464 g/mol. The van der Waals surface area contributed by atoms with Gasteiger partial charge < -0.3 is 20.7 Å². The van der Waals surface area contributed by atoms with Crippen molar-refractivity contribution < 1.29 is 9.53 Å². The fraction of sp³-hybridized carbons (Fsp3) is 0.346. The van der Waals surface area contributed by atoms with Gasteiger partial charge in [-0.3, -0.25) is 9.69 Å². The van der Waals surface area contributed by atoms with Crippen molar-refractivity contribution in [1.29, 1.82) is 0 Å². The van der Waals surface area contributed by atoms with E-state index in [1.54, 1.807) is 30.3 Å². The summed E-state index contributed by atoms with van der Waals surface area (Å²) >= 11 is 5.93. The summed E-state index contributed by atoms with van der Waals surface area (Å²) in [5.74, 6) is 1.24. The number of nitrogens with one attached hydrogen (secondary N) is 1. The molecule has 1 aliphatic rings. The Morgan fingerprint density at radius 2 is 2.03 bits per heavy atom. The van der Waals surface area contributed by atoms with Crippen LogP contribution in [-0.4, -0.2) is 59.0 Å². The van der Waals surface area contributed by atoms with Crippen LogP contribution in [0.15, 0.2) is 48.7 Å². The molecule has 0 saturated carbocycles. The average molecular weight is 495 g/mol. The van der Waals surface area contributed by atoms with Crippen LogP contribution in [0.3, 0.4) is 0 Å². The number of halogens is 1. The SMILES string of the molecule is Cc1cnc(Cl)nc1Nc1cccc(C(=O)N(C)Cc2cc(N)ccc2OCCN2CCCC2)c1. The third-order valence-electron chi connectivity index (χ3n) is 6.02. The van der Waals surface area contributed by atoms with Gasteiger partial charge in [-0.1, -0.05) is 6.07 Å². The predicted octanol–water partition coefficient (Wildman–Crippen LogP) is 4.51. The number of ether oxygens (including phenoxy) is 1. The standard InChI is InChI=1S/C26H31ClN6O2/c1-18-16-29-26(27)31-24(18)30-22-7-5-6-19(15-22)25(34)32(2)17-20-14-21(28)8-9-23(20)35-13-12-33-10-3-4-11-33/h5-9,14-16H,3-4,10-13,17,28H2,1-2H3,(H,29,30,31). The maximum atomic E-state index is 13.2. The van der Waals surface area contributed by atoms with Crippen LogP contribution in [0.4, 0.5) is 17.2 Å². The maximum absolute atomic E-state index is 13.2. The molecule has 184 valence electrons. The molecule has 0 radical (unpaired) electrons. The van der Waals surface area contributed by atoms with Gasteiger partial charge in [0.2, 0.25) is 5.28 Å². The molecule has 1 fully saturated rings. The summed E-state index contributed by atoms with van der Waals surface area (Å²) in [4.78, 5) is 25.5. The average Bonchev–Trinajstić information content (AvgIpc) is 3.36. The number of aryl methyl sites for hydroxylation is 1. The zero-order valence-electron chi connectivity index (χ0n) is 20.1. The highest BCUT2D eigenvalue weighted by Gasteiger charge is 2.17.